The first kappa shape index (κ1) is 14.3. The molecule has 0 bridgehead atoms. The summed E-state index contributed by atoms with van der Waals surface area (Å²) in [5.41, 5.74) is 4.44. The third kappa shape index (κ3) is 5.19. The Morgan fingerprint density at radius 3 is 2.84 bits per heavy atom. The molecule has 4 heteroatoms. The van der Waals surface area contributed by atoms with Crippen LogP contribution < -0.4 is 10.2 Å². The number of nitrogens with one attached hydrogen (secondary N) is 1. The summed E-state index contributed by atoms with van der Waals surface area (Å²) >= 11 is 0. The van der Waals surface area contributed by atoms with Crippen LogP contribution in [0.3, 0.4) is 0 Å². The van der Waals surface area contributed by atoms with Gasteiger partial charge in [-0.25, -0.2) is 5.01 Å². The van der Waals surface area contributed by atoms with Crippen molar-refractivity contribution in [3.05, 3.63) is 29.8 Å². The van der Waals surface area contributed by atoms with E-state index in [1.807, 2.05) is 31.2 Å². The van der Waals surface area contributed by atoms with E-state index in [2.05, 4.69) is 10.4 Å². The van der Waals surface area contributed by atoms with Crippen molar-refractivity contribution in [2.45, 2.75) is 32.3 Å². The predicted molar refractivity (Wildman–Crippen MR) is 76.1 cm³/mol. The summed E-state index contributed by atoms with van der Waals surface area (Å²) in [6.45, 7) is 5.05. The molecule has 0 radical (unpaired) electrons. The van der Waals surface area contributed by atoms with Gasteiger partial charge in [0.1, 0.15) is 18.5 Å². The second-order valence-corrected chi connectivity index (χ2v) is 5.19. The van der Waals surface area contributed by atoms with Gasteiger partial charge < -0.3 is 9.84 Å². The molecule has 0 saturated carbocycles. The van der Waals surface area contributed by atoms with E-state index in [1.165, 1.54) is 24.8 Å². The highest BCUT2D eigenvalue weighted by molar-refractivity contribution is 5.27. The summed E-state index contributed by atoms with van der Waals surface area (Å²) in [5, 5.41) is 12.1. The molecule has 1 fully saturated rings. The first-order valence-electron chi connectivity index (χ1n) is 7.10. The quantitative estimate of drug-likeness (QED) is 0.821. The molecule has 1 aliphatic rings. The number of piperidine rings is 1. The molecule has 1 aromatic carbocycles. The zero-order valence-electron chi connectivity index (χ0n) is 11.6. The monoisotopic (exact) mass is 264 g/mol. The molecule has 1 aromatic rings. The largest absolute Gasteiger partial charge is 0.491 e. The van der Waals surface area contributed by atoms with Gasteiger partial charge in [0.2, 0.25) is 0 Å². The van der Waals surface area contributed by atoms with Crippen molar-refractivity contribution in [1.82, 2.24) is 10.4 Å². The lowest BCUT2D eigenvalue weighted by Gasteiger charge is -2.28. The smallest absolute Gasteiger partial charge is 0.119 e. The molecule has 19 heavy (non-hydrogen) atoms. The summed E-state index contributed by atoms with van der Waals surface area (Å²) in [5.74, 6) is 0.817. The molecule has 0 amide bonds. The molecule has 2 N–H and O–H groups in total. The minimum Gasteiger partial charge on any atom is -0.491 e. The van der Waals surface area contributed by atoms with Crippen molar-refractivity contribution in [2.24, 2.45) is 0 Å². The van der Waals surface area contributed by atoms with Crippen LogP contribution in [0.4, 0.5) is 0 Å². The van der Waals surface area contributed by atoms with E-state index in [0.717, 1.165) is 18.8 Å². The van der Waals surface area contributed by atoms with E-state index in [9.17, 15) is 5.11 Å². The highest BCUT2D eigenvalue weighted by Crippen LogP contribution is 2.12. The Labute approximate surface area is 115 Å². The maximum Gasteiger partial charge on any atom is 0.119 e. The number of hydrogen-bond acceptors (Lipinski definition) is 4. The molecule has 0 spiro atoms. The Balaban J connectivity index is 1.65. The van der Waals surface area contributed by atoms with Crippen molar-refractivity contribution < 1.29 is 9.84 Å². The zero-order valence-corrected chi connectivity index (χ0v) is 11.6. The molecule has 1 atom stereocenters. The van der Waals surface area contributed by atoms with E-state index in [1.54, 1.807) is 0 Å². The van der Waals surface area contributed by atoms with Gasteiger partial charge in [0.15, 0.2) is 0 Å². The van der Waals surface area contributed by atoms with Gasteiger partial charge in [-0.2, -0.15) is 0 Å². The van der Waals surface area contributed by atoms with E-state index < -0.39 is 6.10 Å². The van der Waals surface area contributed by atoms with Gasteiger partial charge in [0.05, 0.1) is 0 Å². The van der Waals surface area contributed by atoms with Crippen molar-refractivity contribution in [2.75, 3.05) is 26.2 Å². The molecule has 106 valence electrons. The number of rotatable bonds is 6. The van der Waals surface area contributed by atoms with Crippen LogP contribution in [0.1, 0.15) is 24.8 Å². The molecule has 2 rings (SSSR count). The van der Waals surface area contributed by atoms with Crippen LogP contribution in [0.15, 0.2) is 24.3 Å². The van der Waals surface area contributed by atoms with Crippen LogP contribution in [-0.4, -0.2) is 42.5 Å². The minimum absolute atomic E-state index is 0.324. The average Bonchev–Trinajstić information content (AvgIpc) is 2.44. The van der Waals surface area contributed by atoms with Crippen LogP contribution in [0, 0.1) is 6.92 Å². The topological polar surface area (TPSA) is 44.7 Å². The van der Waals surface area contributed by atoms with E-state index >= 15 is 0 Å². The van der Waals surface area contributed by atoms with Crippen molar-refractivity contribution >= 4 is 0 Å². The molecule has 0 aromatic heterocycles. The van der Waals surface area contributed by atoms with Gasteiger partial charge in [-0.1, -0.05) is 18.6 Å². The SMILES string of the molecule is Cc1cccc(OCC(O)CNN2CCCCC2)c1. The number of aliphatic hydroxyl groups is 1. The lowest BCUT2D eigenvalue weighted by Crippen LogP contribution is -2.46. The predicted octanol–water partition coefficient (Wildman–Crippen LogP) is 1.73. The Morgan fingerprint density at radius 1 is 1.32 bits per heavy atom. The van der Waals surface area contributed by atoms with E-state index in [4.69, 9.17) is 4.74 Å². The fraction of sp³-hybridized carbons (Fsp3) is 0.600. The number of aryl methyl sites for hydroxylation is 1. The standard InChI is InChI=1S/C15H24N2O2/c1-13-6-5-7-15(10-13)19-12-14(18)11-16-17-8-3-2-4-9-17/h5-7,10,14,16,18H,2-4,8-9,11-12H2,1H3. The average molecular weight is 264 g/mol. The second kappa shape index (κ2) is 7.48. The highest BCUT2D eigenvalue weighted by Gasteiger charge is 2.11. The third-order valence-corrected chi connectivity index (χ3v) is 3.34. The third-order valence-electron chi connectivity index (χ3n) is 3.34. The van der Waals surface area contributed by atoms with E-state index in [0.29, 0.717) is 13.2 Å². The number of nitrogens with zero attached hydrogens (tertiary/aromatic N) is 1. The van der Waals surface area contributed by atoms with Crippen molar-refractivity contribution in [3.8, 4) is 5.75 Å². The van der Waals surface area contributed by atoms with E-state index in [-0.39, 0.29) is 0 Å². The fourth-order valence-corrected chi connectivity index (χ4v) is 2.24. The lowest BCUT2D eigenvalue weighted by molar-refractivity contribution is 0.0684. The maximum atomic E-state index is 9.90. The minimum atomic E-state index is -0.484. The van der Waals surface area contributed by atoms with Gasteiger partial charge in [-0.05, 0) is 37.5 Å². The normalized spacial score (nSPS) is 18.2. The number of aliphatic hydroxyl groups excluding tert-OH is 1. The number of benzene rings is 1. The Bertz CT molecular complexity index is 378. The lowest BCUT2D eigenvalue weighted by atomic mass is 10.2. The number of ether oxygens (including phenoxy) is 1. The number of hydrogen-bond donors (Lipinski definition) is 2. The maximum absolute atomic E-state index is 9.90. The molecule has 1 unspecified atom stereocenters. The Kier molecular flexibility index (Phi) is 5.63. The summed E-state index contributed by atoms with van der Waals surface area (Å²) in [7, 11) is 0. The highest BCUT2D eigenvalue weighted by atomic mass is 16.5. The second-order valence-electron chi connectivity index (χ2n) is 5.19. The van der Waals surface area contributed by atoms with Gasteiger partial charge in [-0.3, -0.25) is 5.43 Å². The Hall–Kier alpha value is -1.10. The van der Waals surface area contributed by atoms with Gasteiger partial charge >= 0.3 is 0 Å². The van der Waals surface area contributed by atoms with Crippen LogP contribution in [0.5, 0.6) is 5.75 Å². The van der Waals surface area contributed by atoms with Crippen LogP contribution in [0.25, 0.3) is 0 Å². The molecule has 1 heterocycles. The Morgan fingerprint density at radius 2 is 2.11 bits per heavy atom. The van der Waals surface area contributed by atoms with Crippen LogP contribution in [0.2, 0.25) is 0 Å². The molecule has 1 saturated heterocycles. The zero-order chi connectivity index (χ0) is 13.5. The summed E-state index contributed by atoms with van der Waals surface area (Å²) < 4.78 is 5.58. The summed E-state index contributed by atoms with van der Waals surface area (Å²) in [6.07, 6.45) is 3.31. The van der Waals surface area contributed by atoms with Crippen LogP contribution >= 0.6 is 0 Å². The van der Waals surface area contributed by atoms with Crippen molar-refractivity contribution in [1.29, 1.82) is 0 Å². The first-order chi connectivity index (χ1) is 9.24. The molecule has 1 aliphatic heterocycles. The van der Waals surface area contributed by atoms with Gasteiger partial charge in [0.25, 0.3) is 0 Å². The summed E-state index contributed by atoms with van der Waals surface area (Å²) in [6, 6.07) is 7.88. The first-order valence-corrected chi connectivity index (χ1v) is 7.10. The summed E-state index contributed by atoms with van der Waals surface area (Å²) in [4.78, 5) is 0. The fourth-order valence-electron chi connectivity index (χ4n) is 2.24. The molecule has 4 nitrogen and oxygen atoms in total. The molecular weight excluding hydrogens is 240 g/mol. The van der Waals surface area contributed by atoms with Crippen LogP contribution in [-0.2, 0) is 0 Å². The van der Waals surface area contributed by atoms with Crippen molar-refractivity contribution in [3.63, 3.8) is 0 Å². The van der Waals surface area contributed by atoms with Gasteiger partial charge in [-0.15, -0.1) is 0 Å². The molecular formula is C15H24N2O2. The van der Waals surface area contributed by atoms with Gasteiger partial charge in [0, 0.05) is 19.6 Å². The molecule has 0 aliphatic carbocycles. The number of hydrazine groups is 1.